The molecule has 0 aromatic heterocycles. The van der Waals surface area contributed by atoms with Gasteiger partial charge >= 0.3 is 0 Å². The van der Waals surface area contributed by atoms with Crippen LogP contribution in [-0.4, -0.2) is 24.6 Å². The summed E-state index contributed by atoms with van der Waals surface area (Å²) in [5, 5.41) is 25.8. The second-order valence-corrected chi connectivity index (χ2v) is 3.73. The van der Waals surface area contributed by atoms with E-state index in [1.807, 2.05) is 13.0 Å². The van der Waals surface area contributed by atoms with Crippen molar-refractivity contribution in [2.24, 2.45) is 0 Å². The van der Waals surface area contributed by atoms with Gasteiger partial charge in [-0.2, -0.15) is 5.26 Å². The summed E-state index contributed by atoms with van der Waals surface area (Å²) in [5.74, 6) is 0. The summed E-state index contributed by atoms with van der Waals surface area (Å²) in [5.41, 5.74) is 0.872. The van der Waals surface area contributed by atoms with Crippen LogP contribution >= 0.6 is 0 Å². The smallest absolute Gasteiger partial charge is 0.270 e. The van der Waals surface area contributed by atoms with Crippen LogP contribution < -0.4 is 10.6 Å². The second-order valence-electron chi connectivity index (χ2n) is 3.73. The van der Waals surface area contributed by atoms with Crippen molar-refractivity contribution in [1.29, 1.82) is 5.26 Å². The molecular weight excluding hydrogens is 232 g/mol. The summed E-state index contributed by atoms with van der Waals surface area (Å²) in [7, 11) is 0. The summed E-state index contributed by atoms with van der Waals surface area (Å²) in [6, 6.07) is 6.21. The van der Waals surface area contributed by atoms with Crippen LogP contribution in [-0.2, 0) is 0 Å². The van der Waals surface area contributed by atoms with Crippen LogP contribution in [0, 0.1) is 21.4 Å². The lowest BCUT2D eigenvalue weighted by molar-refractivity contribution is -0.384. The number of nitrogens with one attached hydrogen (secondary N) is 2. The molecule has 18 heavy (non-hydrogen) atoms. The maximum Gasteiger partial charge on any atom is 0.270 e. The largest absolute Gasteiger partial charge is 0.384 e. The first kappa shape index (κ1) is 13.9. The zero-order chi connectivity index (χ0) is 13.4. The van der Waals surface area contributed by atoms with Gasteiger partial charge in [0, 0.05) is 18.7 Å². The Hall–Kier alpha value is -2.13. The van der Waals surface area contributed by atoms with E-state index < -0.39 is 4.92 Å². The van der Waals surface area contributed by atoms with Crippen LogP contribution in [0.15, 0.2) is 18.2 Å². The average molecular weight is 248 g/mol. The van der Waals surface area contributed by atoms with Crippen molar-refractivity contribution in [3.63, 3.8) is 0 Å². The number of nitriles is 1. The lowest BCUT2D eigenvalue weighted by Gasteiger charge is -2.08. The molecule has 1 aromatic rings. The van der Waals surface area contributed by atoms with Crippen LogP contribution in [0.3, 0.4) is 0 Å². The van der Waals surface area contributed by atoms with E-state index in [0.717, 1.165) is 26.1 Å². The van der Waals surface area contributed by atoms with Crippen LogP contribution in [0.4, 0.5) is 11.4 Å². The highest BCUT2D eigenvalue weighted by molar-refractivity contribution is 5.61. The first-order valence-corrected chi connectivity index (χ1v) is 5.82. The van der Waals surface area contributed by atoms with Crippen LogP contribution in [0.25, 0.3) is 0 Å². The topological polar surface area (TPSA) is 91.0 Å². The number of nitrogens with zero attached hydrogens (tertiary/aromatic N) is 2. The van der Waals surface area contributed by atoms with Crippen molar-refractivity contribution in [2.45, 2.75) is 13.3 Å². The van der Waals surface area contributed by atoms with Gasteiger partial charge in [0.2, 0.25) is 0 Å². The van der Waals surface area contributed by atoms with Crippen LogP contribution in [0.2, 0.25) is 0 Å². The van der Waals surface area contributed by atoms with Gasteiger partial charge in [0.05, 0.1) is 16.2 Å². The minimum Gasteiger partial charge on any atom is -0.384 e. The molecule has 0 fully saturated rings. The fourth-order valence-corrected chi connectivity index (χ4v) is 1.51. The fourth-order valence-electron chi connectivity index (χ4n) is 1.51. The van der Waals surface area contributed by atoms with Gasteiger partial charge in [0.25, 0.3) is 5.69 Å². The van der Waals surface area contributed by atoms with E-state index in [1.54, 1.807) is 6.07 Å². The maximum absolute atomic E-state index is 10.6. The van der Waals surface area contributed by atoms with E-state index >= 15 is 0 Å². The van der Waals surface area contributed by atoms with E-state index in [-0.39, 0.29) is 5.69 Å². The Morgan fingerprint density at radius 2 is 2.22 bits per heavy atom. The normalized spacial score (nSPS) is 9.78. The van der Waals surface area contributed by atoms with Gasteiger partial charge < -0.3 is 10.6 Å². The maximum atomic E-state index is 10.6. The van der Waals surface area contributed by atoms with Crippen LogP contribution in [0.1, 0.15) is 18.9 Å². The van der Waals surface area contributed by atoms with E-state index in [1.165, 1.54) is 12.1 Å². The van der Waals surface area contributed by atoms with E-state index in [4.69, 9.17) is 5.26 Å². The van der Waals surface area contributed by atoms with Gasteiger partial charge in [-0.3, -0.25) is 10.1 Å². The Kier molecular flexibility index (Phi) is 5.61. The molecule has 0 atom stereocenters. The summed E-state index contributed by atoms with van der Waals surface area (Å²) in [4.78, 5) is 10.1. The second kappa shape index (κ2) is 7.25. The number of nitro groups is 1. The predicted octanol–water partition coefficient (Wildman–Crippen LogP) is 1.88. The molecule has 0 bridgehead atoms. The van der Waals surface area contributed by atoms with E-state index in [0.29, 0.717) is 11.3 Å². The molecule has 0 saturated carbocycles. The number of benzene rings is 1. The lowest BCUT2D eigenvalue weighted by Crippen LogP contribution is -2.17. The standard InChI is InChI=1S/C12H16N4O2/c1-2-14-6-3-7-15-12-5-4-11(16(17)18)8-10(12)9-13/h4-5,8,14-15H,2-3,6-7H2,1H3. The molecule has 0 saturated heterocycles. The van der Waals surface area contributed by atoms with E-state index in [9.17, 15) is 10.1 Å². The summed E-state index contributed by atoms with van der Waals surface area (Å²) >= 11 is 0. The molecule has 6 heteroatoms. The number of non-ortho nitro benzene ring substituents is 1. The van der Waals surface area contributed by atoms with Crippen molar-refractivity contribution in [1.82, 2.24) is 5.32 Å². The molecule has 1 rings (SSSR count). The van der Waals surface area contributed by atoms with Crippen molar-refractivity contribution >= 4 is 11.4 Å². The molecule has 0 spiro atoms. The Balaban J connectivity index is 2.61. The Labute approximate surface area is 106 Å². The third kappa shape index (κ3) is 4.03. The monoisotopic (exact) mass is 248 g/mol. The number of anilines is 1. The van der Waals surface area contributed by atoms with Crippen molar-refractivity contribution in [3.8, 4) is 6.07 Å². The summed E-state index contributed by atoms with van der Waals surface area (Å²) in [6.07, 6.45) is 0.926. The molecule has 2 N–H and O–H groups in total. The first-order valence-electron chi connectivity index (χ1n) is 5.82. The molecule has 0 unspecified atom stereocenters. The quantitative estimate of drug-likeness (QED) is 0.436. The third-order valence-corrected chi connectivity index (χ3v) is 2.43. The van der Waals surface area contributed by atoms with Crippen molar-refractivity contribution in [2.75, 3.05) is 25.0 Å². The summed E-state index contributed by atoms with van der Waals surface area (Å²) < 4.78 is 0. The number of hydrogen-bond donors (Lipinski definition) is 2. The molecule has 0 aliphatic rings. The zero-order valence-electron chi connectivity index (χ0n) is 10.3. The van der Waals surface area contributed by atoms with Gasteiger partial charge in [-0.05, 0) is 25.6 Å². The molecule has 1 aromatic carbocycles. The number of rotatable bonds is 7. The highest BCUT2D eigenvalue weighted by atomic mass is 16.6. The Bertz CT molecular complexity index is 454. The molecule has 0 radical (unpaired) electrons. The molecule has 0 aliphatic heterocycles. The first-order chi connectivity index (χ1) is 8.69. The van der Waals surface area contributed by atoms with Crippen LogP contribution in [0.5, 0.6) is 0 Å². The minimum absolute atomic E-state index is 0.0650. The Morgan fingerprint density at radius 3 is 2.83 bits per heavy atom. The molecular formula is C12H16N4O2. The minimum atomic E-state index is -0.504. The molecule has 0 heterocycles. The van der Waals surface area contributed by atoms with Gasteiger partial charge in [0.15, 0.2) is 0 Å². The highest BCUT2D eigenvalue weighted by Crippen LogP contribution is 2.21. The molecule has 96 valence electrons. The summed E-state index contributed by atoms with van der Waals surface area (Å²) in [6.45, 7) is 4.59. The average Bonchev–Trinajstić information content (AvgIpc) is 2.38. The third-order valence-electron chi connectivity index (χ3n) is 2.43. The van der Waals surface area contributed by atoms with Gasteiger partial charge in [-0.15, -0.1) is 0 Å². The molecule has 0 aliphatic carbocycles. The van der Waals surface area contributed by atoms with Gasteiger partial charge in [-0.25, -0.2) is 0 Å². The zero-order valence-corrected chi connectivity index (χ0v) is 10.3. The van der Waals surface area contributed by atoms with E-state index in [2.05, 4.69) is 10.6 Å². The highest BCUT2D eigenvalue weighted by Gasteiger charge is 2.09. The van der Waals surface area contributed by atoms with Crippen molar-refractivity contribution in [3.05, 3.63) is 33.9 Å². The Morgan fingerprint density at radius 1 is 1.44 bits per heavy atom. The van der Waals surface area contributed by atoms with Crippen molar-refractivity contribution < 1.29 is 4.92 Å². The van der Waals surface area contributed by atoms with Gasteiger partial charge in [0.1, 0.15) is 6.07 Å². The van der Waals surface area contributed by atoms with Gasteiger partial charge in [-0.1, -0.05) is 6.92 Å². The lowest BCUT2D eigenvalue weighted by atomic mass is 10.1. The number of nitro benzene ring substituents is 1. The SMILES string of the molecule is CCNCCCNc1ccc([N+](=O)[O-])cc1C#N. The fraction of sp³-hybridized carbons (Fsp3) is 0.417. The molecule has 0 amide bonds. The predicted molar refractivity (Wildman–Crippen MR) is 69.5 cm³/mol. The molecule has 6 nitrogen and oxygen atoms in total. The number of hydrogen-bond acceptors (Lipinski definition) is 5.